The molecule has 1 saturated heterocycles. The van der Waals surface area contributed by atoms with Crippen molar-refractivity contribution in [3.8, 4) is 23.0 Å². The Morgan fingerprint density at radius 3 is 1.20 bits per heavy atom. The maximum atomic E-state index is 9.20. The number of halogens is 5. The Morgan fingerprint density at radius 2 is 0.933 bits per heavy atom. The predicted molar refractivity (Wildman–Crippen MR) is 184 cm³/mol. The van der Waals surface area contributed by atoms with E-state index in [0.717, 1.165) is 6.61 Å². The number of benzene rings is 4. The molecule has 0 radical (unpaired) electrons. The molecule has 45 heavy (non-hydrogen) atoms. The number of aliphatic hydroxyl groups is 2. The van der Waals surface area contributed by atoms with Gasteiger partial charge in [0.05, 0.1) is 41.0 Å². The van der Waals surface area contributed by atoms with Crippen molar-refractivity contribution in [2.75, 3.05) is 32.9 Å². The molecule has 1 heterocycles. The minimum absolute atomic E-state index is 0.00904. The largest absolute Gasteiger partial charge is 0.530 e. The van der Waals surface area contributed by atoms with Gasteiger partial charge in [-0.05, 0) is 43.3 Å². The maximum Gasteiger partial charge on any atom is 0.530 e. The highest BCUT2D eigenvalue weighted by molar-refractivity contribution is 7.43. The standard InChI is InChI=1S/C18H15O3P.C6HCl5O.C4H11NO2.C3H6O/c1-4-10-16(11-5-1)19-22(20-17-12-6-2-7-13-17)21-18-14-8-3-9-15-18;7-1-2(8)4(10)6(12)5(11)3(1)9;6-3-1-5-2-4-7;1-3-2-4-3/h1-15H;12H;5-7H,1-4H2;3H,2H2,1H3. The number of hydrogen-bond acceptors (Lipinski definition) is 8. The van der Waals surface area contributed by atoms with E-state index in [9.17, 15) is 5.11 Å². The van der Waals surface area contributed by atoms with Crippen LogP contribution in [-0.2, 0) is 4.74 Å². The third kappa shape index (κ3) is 15.8. The van der Waals surface area contributed by atoms with E-state index in [4.69, 9.17) is 86.5 Å². The van der Waals surface area contributed by atoms with Crippen LogP contribution in [0.25, 0.3) is 0 Å². The van der Waals surface area contributed by atoms with E-state index in [-0.39, 0.29) is 44.1 Å². The van der Waals surface area contributed by atoms with E-state index >= 15 is 0 Å². The topological polar surface area (TPSA) is 113 Å². The van der Waals surface area contributed by atoms with Gasteiger partial charge in [0.15, 0.2) is 5.75 Å². The Hall–Kier alpha value is -2.20. The fraction of sp³-hybridized carbons (Fsp3) is 0.226. The van der Waals surface area contributed by atoms with Gasteiger partial charge in [0.25, 0.3) is 0 Å². The lowest BCUT2D eigenvalue weighted by Gasteiger charge is -2.17. The van der Waals surface area contributed by atoms with Crippen molar-refractivity contribution in [3.05, 3.63) is 116 Å². The molecule has 0 aromatic heterocycles. The van der Waals surface area contributed by atoms with Crippen molar-refractivity contribution in [3.63, 3.8) is 0 Å². The summed E-state index contributed by atoms with van der Waals surface area (Å²) in [6.45, 7) is 4.46. The van der Waals surface area contributed by atoms with Crippen LogP contribution in [0.5, 0.6) is 23.0 Å². The molecule has 4 aromatic rings. The van der Waals surface area contributed by atoms with Crippen LogP contribution < -0.4 is 18.9 Å². The highest BCUT2D eigenvalue weighted by Crippen LogP contribution is 2.47. The number of rotatable bonds is 10. The Kier molecular flexibility index (Phi) is 19.4. The normalized spacial score (nSPS) is 12.8. The summed E-state index contributed by atoms with van der Waals surface area (Å²) in [5.74, 6) is 1.76. The van der Waals surface area contributed by atoms with Crippen LogP contribution in [0, 0.1) is 0 Å². The summed E-state index contributed by atoms with van der Waals surface area (Å²) in [4.78, 5) is 0. The zero-order valence-corrected chi connectivity index (χ0v) is 28.8. The van der Waals surface area contributed by atoms with Crippen molar-refractivity contribution in [2.24, 2.45) is 0 Å². The number of para-hydroxylation sites is 3. The Balaban J connectivity index is 0.000000255. The van der Waals surface area contributed by atoms with Crippen LogP contribution >= 0.6 is 66.6 Å². The molecule has 14 heteroatoms. The lowest BCUT2D eigenvalue weighted by Crippen LogP contribution is -2.21. The van der Waals surface area contributed by atoms with Gasteiger partial charge in [-0.3, -0.25) is 0 Å². The molecule has 0 amide bonds. The van der Waals surface area contributed by atoms with Gasteiger partial charge in [0.2, 0.25) is 0 Å². The summed E-state index contributed by atoms with van der Waals surface area (Å²) in [5, 5.41) is 28.1. The average Bonchev–Trinajstić information content (AvgIpc) is 3.86. The maximum absolute atomic E-state index is 9.20. The minimum Gasteiger partial charge on any atom is -0.505 e. The number of epoxide rings is 1. The molecule has 4 N–H and O–H groups in total. The monoisotopic (exact) mass is 737 g/mol. The van der Waals surface area contributed by atoms with Crippen molar-refractivity contribution in [2.45, 2.75) is 13.0 Å². The lowest BCUT2D eigenvalue weighted by molar-refractivity contribution is 0.266. The summed E-state index contributed by atoms with van der Waals surface area (Å²) in [5.41, 5.74) is 0. The Morgan fingerprint density at radius 1 is 0.644 bits per heavy atom. The second kappa shape index (κ2) is 22.3. The van der Waals surface area contributed by atoms with Crippen LogP contribution in [0.15, 0.2) is 91.0 Å². The smallest absolute Gasteiger partial charge is 0.505 e. The molecule has 1 unspecified atom stereocenters. The van der Waals surface area contributed by atoms with Gasteiger partial charge in [-0.15, -0.1) is 0 Å². The quantitative estimate of drug-likeness (QED) is 0.0419. The Bertz CT molecular complexity index is 1170. The van der Waals surface area contributed by atoms with Gasteiger partial charge < -0.3 is 38.9 Å². The minimum atomic E-state index is -1.59. The zero-order valence-electron chi connectivity index (χ0n) is 24.1. The molecule has 1 fully saturated rings. The SMILES string of the molecule is CC1CO1.OCCNCCO.Oc1c(Cl)c(Cl)c(Cl)c(Cl)c1Cl.c1ccc(OP(Oc2ccccc2)Oc2ccccc2)cc1. The van der Waals surface area contributed by atoms with Gasteiger partial charge in [0.1, 0.15) is 27.3 Å². The number of hydrogen-bond donors (Lipinski definition) is 4. The van der Waals surface area contributed by atoms with Crippen LogP contribution in [-0.4, -0.2) is 54.3 Å². The number of aliphatic hydroxyl groups excluding tert-OH is 2. The highest BCUT2D eigenvalue weighted by Gasteiger charge is 2.20. The molecule has 8 nitrogen and oxygen atoms in total. The highest BCUT2D eigenvalue weighted by atomic mass is 35.5. The number of aromatic hydroxyl groups is 1. The fourth-order valence-corrected chi connectivity index (χ4v) is 4.85. The molecule has 1 atom stereocenters. The first-order valence-electron chi connectivity index (χ1n) is 13.4. The summed E-state index contributed by atoms with van der Waals surface area (Å²) < 4.78 is 22.2. The molecule has 4 aromatic carbocycles. The van der Waals surface area contributed by atoms with E-state index in [1.54, 1.807) is 0 Å². The van der Waals surface area contributed by atoms with Crippen LogP contribution in [0.4, 0.5) is 0 Å². The summed E-state index contributed by atoms with van der Waals surface area (Å²) >= 11 is 27.9. The van der Waals surface area contributed by atoms with Crippen molar-refractivity contribution in [1.29, 1.82) is 0 Å². The molecule has 5 rings (SSSR count). The molecule has 0 spiro atoms. The zero-order chi connectivity index (χ0) is 33.0. The fourth-order valence-electron chi connectivity index (χ4n) is 2.73. The van der Waals surface area contributed by atoms with Crippen LogP contribution in [0.3, 0.4) is 0 Å². The van der Waals surface area contributed by atoms with E-state index in [2.05, 4.69) is 12.2 Å². The molecule has 1 aliphatic heterocycles. The average molecular weight is 740 g/mol. The van der Waals surface area contributed by atoms with Crippen molar-refractivity contribution >= 4 is 66.6 Å². The number of nitrogens with one attached hydrogen (secondary N) is 1. The van der Waals surface area contributed by atoms with Crippen LogP contribution in [0.1, 0.15) is 6.92 Å². The summed E-state index contributed by atoms with van der Waals surface area (Å²) in [6.07, 6.45) is 0.583. The van der Waals surface area contributed by atoms with Gasteiger partial charge in [-0.2, -0.15) is 0 Å². The first kappa shape index (κ1) is 39.0. The van der Waals surface area contributed by atoms with Gasteiger partial charge >= 0.3 is 8.60 Å². The molecule has 0 aliphatic carbocycles. The summed E-state index contributed by atoms with van der Waals surface area (Å²) in [6, 6.07) is 28.5. The lowest BCUT2D eigenvalue weighted by atomic mass is 10.3. The molecular weight excluding hydrogens is 707 g/mol. The summed E-state index contributed by atoms with van der Waals surface area (Å²) in [7, 11) is -1.59. The van der Waals surface area contributed by atoms with E-state index in [0.29, 0.717) is 36.4 Å². The Labute approximate surface area is 289 Å². The van der Waals surface area contributed by atoms with Gasteiger partial charge in [-0.25, -0.2) is 0 Å². The second-order valence-electron chi connectivity index (χ2n) is 8.70. The van der Waals surface area contributed by atoms with E-state index in [1.165, 1.54) is 0 Å². The molecule has 0 saturated carbocycles. The first-order valence-corrected chi connectivity index (χ1v) is 16.4. The van der Waals surface area contributed by atoms with Gasteiger partial charge in [-0.1, -0.05) is 113 Å². The molecular formula is C31H33Cl5NO7P. The number of ether oxygens (including phenoxy) is 1. The number of phenols is 1. The van der Waals surface area contributed by atoms with E-state index in [1.807, 2.05) is 91.0 Å². The van der Waals surface area contributed by atoms with E-state index < -0.39 is 8.60 Å². The molecule has 0 bridgehead atoms. The second-order valence-corrected chi connectivity index (χ2v) is 11.6. The third-order valence-corrected chi connectivity index (χ3v) is 8.37. The predicted octanol–water partition coefficient (Wildman–Crippen LogP) is 9.08. The van der Waals surface area contributed by atoms with Gasteiger partial charge in [0, 0.05) is 13.1 Å². The van der Waals surface area contributed by atoms with Crippen molar-refractivity contribution < 1.29 is 33.6 Å². The first-order chi connectivity index (χ1) is 21.7. The molecule has 1 aliphatic rings. The molecule has 244 valence electrons. The van der Waals surface area contributed by atoms with Crippen molar-refractivity contribution in [1.82, 2.24) is 5.32 Å². The van der Waals surface area contributed by atoms with Crippen LogP contribution in [0.2, 0.25) is 25.1 Å². The number of phenolic OH excluding ortho intramolecular Hbond substituents is 1. The third-order valence-electron chi connectivity index (χ3n) is 5.03.